The summed E-state index contributed by atoms with van der Waals surface area (Å²) in [5.41, 5.74) is -0.266. The van der Waals surface area contributed by atoms with Crippen molar-refractivity contribution >= 4 is 0 Å². The molecule has 1 aromatic rings. The molecule has 1 fully saturated rings. The number of halogens is 2. The second-order valence-electron chi connectivity index (χ2n) is 5.16. The lowest BCUT2D eigenvalue weighted by Gasteiger charge is -2.26. The lowest BCUT2D eigenvalue weighted by atomic mass is 10.1. The molecule has 1 saturated heterocycles. The van der Waals surface area contributed by atoms with Crippen LogP contribution in [0.5, 0.6) is 0 Å². The van der Waals surface area contributed by atoms with Gasteiger partial charge in [-0.05, 0) is 31.6 Å². The molecule has 0 bridgehead atoms. The molecule has 118 valence electrons. The highest BCUT2D eigenvalue weighted by Gasteiger charge is 2.17. The van der Waals surface area contributed by atoms with Crippen LogP contribution in [-0.2, 0) is 4.74 Å². The van der Waals surface area contributed by atoms with Gasteiger partial charge in [0, 0.05) is 19.6 Å². The van der Waals surface area contributed by atoms with Gasteiger partial charge in [0.25, 0.3) is 0 Å². The van der Waals surface area contributed by atoms with E-state index in [0.717, 1.165) is 51.4 Å². The minimum absolute atomic E-state index is 0.140. The summed E-state index contributed by atoms with van der Waals surface area (Å²) >= 11 is 0. The molecule has 0 aliphatic carbocycles. The standard InChI is InChI=1S/C15H22F2N2O2/c16-12-3-1-4-13(17)15(12)14(20)11-18-5-2-6-19-7-9-21-10-8-19/h1,3-4,14,18,20H,2,5-11H2. The fourth-order valence-electron chi connectivity index (χ4n) is 2.42. The van der Waals surface area contributed by atoms with E-state index in [0.29, 0.717) is 6.54 Å². The van der Waals surface area contributed by atoms with E-state index in [-0.39, 0.29) is 12.1 Å². The van der Waals surface area contributed by atoms with Gasteiger partial charge in [0.2, 0.25) is 0 Å². The molecule has 6 heteroatoms. The summed E-state index contributed by atoms with van der Waals surface area (Å²) in [4.78, 5) is 2.32. The first-order valence-corrected chi connectivity index (χ1v) is 7.31. The maximum Gasteiger partial charge on any atom is 0.131 e. The molecule has 0 saturated carbocycles. The van der Waals surface area contributed by atoms with Crippen LogP contribution in [0.2, 0.25) is 0 Å². The minimum atomic E-state index is -1.17. The predicted octanol–water partition coefficient (Wildman–Crippen LogP) is 1.31. The molecule has 0 radical (unpaired) electrons. The number of aliphatic hydroxyl groups excluding tert-OH is 1. The van der Waals surface area contributed by atoms with E-state index in [1.165, 1.54) is 6.07 Å². The van der Waals surface area contributed by atoms with E-state index < -0.39 is 17.7 Å². The van der Waals surface area contributed by atoms with Crippen LogP contribution in [0.15, 0.2) is 18.2 Å². The topological polar surface area (TPSA) is 44.7 Å². The van der Waals surface area contributed by atoms with Crippen LogP contribution in [0.3, 0.4) is 0 Å². The Kier molecular flexibility index (Phi) is 6.50. The Hall–Kier alpha value is -1.08. The molecule has 1 atom stereocenters. The summed E-state index contributed by atoms with van der Waals surface area (Å²) < 4.78 is 32.2. The molecular formula is C15H22F2N2O2. The number of benzene rings is 1. The number of morpholine rings is 1. The Morgan fingerprint density at radius 1 is 1.24 bits per heavy atom. The molecule has 2 N–H and O–H groups in total. The summed E-state index contributed by atoms with van der Waals surface area (Å²) in [5, 5.41) is 12.9. The SMILES string of the molecule is OC(CNCCCN1CCOCC1)c1c(F)cccc1F. The van der Waals surface area contributed by atoms with E-state index in [1.54, 1.807) is 0 Å². The van der Waals surface area contributed by atoms with Crippen LogP contribution in [-0.4, -0.2) is 55.9 Å². The second kappa shape index (κ2) is 8.38. The van der Waals surface area contributed by atoms with Crippen molar-refractivity contribution in [2.24, 2.45) is 0 Å². The lowest BCUT2D eigenvalue weighted by molar-refractivity contribution is 0.0373. The third-order valence-corrected chi connectivity index (χ3v) is 3.60. The molecule has 21 heavy (non-hydrogen) atoms. The number of ether oxygens (including phenoxy) is 1. The largest absolute Gasteiger partial charge is 0.387 e. The monoisotopic (exact) mass is 300 g/mol. The quantitative estimate of drug-likeness (QED) is 0.745. The van der Waals surface area contributed by atoms with Crippen LogP contribution in [0.4, 0.5) is 8.78 Å². The molecule has 1 aromatic carbocycles. The lowest BCUT2D eigenvalue weighted by Crippen LogP contribution is -2.38. The zero-order chi connectivity index (χ0) is 15.1. The highest BCUT2D eigenvalue weighted by atomic mass is 19.1. The van der Waals surface area contributed by atoms with Crippen molar-refractivity contribution in [1.29, 1.82) is 0 Å². The summed E-state index contributed by atoms with van der Waals surface area (Å²) in [5.74, 6) is -1.42. The molecule has 4 nitrogen and oxygen atoms in total. The van der Waals surface area contributed by atoms with Crippen molar-refractivity contribution in [3.8, 4) is 0 Å². The van der Waals surface area contributed by atoms with Gasteiger partial charge >= 0.3 is 0 Å². The first-order valence-electron chi connectivity index (χ1n) is 7.31. The van der Waals surface area contributed by atoms with Gasteiger partial charge < -0.3 is 15.2 Å². The average Bonchev–Trinajstić information content (AvgIpc) is 2.48. The predicted molar refractivity (Wildman–Crippen MR) is 76.1 cm³/mol. The molecule has 1 heterocycles. The Balaban J connectivity index is 1.66. The average molecular weight is 300 g/mol. The van der Waals surface area contributed by atoms with Gasteiger partial charge in [-0.2, -0.15) is 0 Å². The fraction of sp³-hybridized carbons (Fsp3) is 0.600. The number of hydrogen-bond donors (Lipinski definition) is 2. The van der Waals surface area contributed by atoms with E-state index in [9.17, 15) is 13.9 Å². The molecule has 1 unspecified atom stereocenters. The number of hydrogen-bond acceptors (Lipinski definition) is 4. The number of nitrogens with one attached hydrogen (secondary N) is 1. The van der Waals surface area contributed by atoms with Crippen molar-refractivity contribution in [1.82, 2.24) is 10.2 Å². The third kappa shape index (κ3) is 5.00. The van der Waals surface area contributed by atoms with E-state index in [4.69, 9.17) is 4.74 Å². The van der Waals surface area contributed by atoms with Crippen molar-refractivity contribution < 1.29 is 18.6 Å². The van der Waals surface area contributed by atoms with Gasteiger partial charge in [-0.25, -0.2) is 8.78 Å². The Labute approximate surface area is 123 Å². The van der Waals surface area contributed by atoms with E-state index in [2.05, 4.69) is 10.2 Å². The highest BCUT2D eigenvalue weighted by Crippen LogP contribution is 2.19. The van der Waals surface area contributed by atoms with Crippen molar-refractivity contribution in [2.75, 3.05) is 45.9 Å². The molecule has 1 aliphatic rings. The third-order valence-electron chi connectivity index (χ3n) is 3.60. The van der Waals surface area contributed by atoms with Crippen molar-refractivity contribution in [3.05, 3.63) is 35.4 Å². The van der Waals surface area contributed by atoms with Gasteiger partial charge in [-0.1, -0.05) is 6.07 Å². The van der Waals surface area contributed by atoms with Gasteiger partial charge in [-0.3, -0.25) is 4.90 Å². The Bertz CT molecular complexity index is 419. The molecule has 2 rings (SSSR count). The first-order chi connectivity index (χ1) is 10.2. The van der Waals surface area contributed by atoms with Gasteiger partial charge in [-0.15, -0.1) is 0 Å². The van der Waals surface area contributed by atoms with Gasteiger partial charge in [0.1, 0.15) is 11.6 Å². The molecular weight excluding hydrogens is 278 g/mol. The summed E-state index contributed by atoms with van der Waals surface area (Å²) in [6.07, 6.45) is -0.249. The van der Waals surface area contributed by atoms with Crippen molar-refractivity contribution in [2.45, 2.75) is 12.5 Å². The van der Waals surface area contributed by atoms with Crippen LogP contribution in [0, 0.1) is 11.6 Å². The molecule has 0 spiro atoms. The number of aliphatic hydroxyl groups is 1. The maximum atomic E-state index is 13.5. The van der Waals surface area contributed by atoms with E-state index in [1.807, 2.05) is 0 Å². The number of rotatable bonds is 7. The van der Waals surface area contributed by atoms with Crippen LogP contribution >= 0.6 is 0 Å². The molecule has 0 amide bonds. The Morgan fingerprint density at radius 2 is 1.90 bits per heavy atom. The smallest absolute Gasteiger partial charge is 0.131 e. The normalized spacial score (nSPS) is 17.9. The summed E-state index contributed by atoms with van der Waals surface area (Å²) in [7, 11) is 0. The van der Waals surface area contributed by atoms with E-state index >= 15 is 0 Å². The maximum absolute atomic E-state index is 13.5. The number of nitrogens with zero attached hydrogens (tertiary/aromatic N) is 1. The zero-order valence-corrected chi connectivity index (χ0v) is 12.0. The van der Waals surface area contributed by atoms with Crippen LogP contribution in [0.25, 0.3) is 0 Å². The van der Waals surface area contributed by atoms with Gasteiger partial charge in [0.05, 0.1) is 24.9 Å². The Morgan fingerprint density at radius 3 is 2.57 bits per heavy atom. The fourth-order valence-corrected chi connectivity index (χ4v) is 2.42. The first kappa shape index (κ1) is 16.3. The minimum Gasteiger partial charge on any atom is -0.387 e. The zero-order valence-electron chi connectivity index (χ0n) is 12.0. The molecule has 0 aromatic heterocycles. The second-order valence-corrected chi connectivity index (χ2v) is 5.16. The van der Waals surface area contributed by atoms with Gasteiger partial charge in [0.15, 0.2) is 0 Å². The highest BCUT2D eigenvalue weighted by molar-refractivity contribution is 5.22. The molecule has 1 aliphatic heterocycles. The van der Waals surface area contributed by atoms with Crippen LogP contribution < -0.4 is 5.32 Å². The summed E-state index contributed by atoms with van der Waals surface area (Å²) in [6.45, 7) is 5.25. The van der Waals surface area contributed by atoms with Crippen LogP contribution in [0.1, 0.15) is 18.1 Å². The summed E-state index contributed by atoms with van der Waals surface area (Å²) in [6, 6.07) is 3.59. The van der Waals surface area contributed by atoms with Crippen molar-refractivity contribution in [3.63, 3.8) is 0 Å².